The average Bonchev–Trinajstić information content (AvgIpc) is 2.70. The molecule has 17 heavy (non-hydrogen) atoms. The Morgan fingerprint density at radius 3 is 2.82 bits per heavy atom. The first-order valence-corrected chi connectivity index (χ1v) is 6.17. The number of urea groups is 1. The Morgan fingerprint density at radius 2 is 2.06 bits per heavy atom. The molecule has 0 aromatic rings. The molecule has 2 rings (SSSR count). The topological polar surface area (TPSA) is 81.7 Å². The molecule has 3 N–H and O–H groups in total. The van der Waals surface area contributed by atoms with Crippen LogP contribution in [0.15, 0.2) is 0 Å². The first-order chi connectivity index (χ1) is 8.16. The number of carbonyl (C=O) groups is 2. The van der Waals surface area contributed by atoms with Gasteiger partial charge in [0, 0.05) is 18.6 Å². The molecular formula is C11H19N3O3. The van der Waals surface area contributed by atoms with Crippen LogP contribution in [-0.2, 0) is 4.79 Å². The largest absolute Gasteiger partial charge is 0.480 e. The molecule has 96 valence electrons. The molecule has 2 heterocycles. The molecule has 0 bridgehead atoms. The van der Waals surface area contributed by atoms with Crippen molar-refractivity contribution in [2.75, 3.05) is 19.6 Å². The Morgan fingerprint density at radius 1 is 1.24 bits per heavy atom. The number of nitrogens with one attached hydrogen (secondary N) is 2. The fraction of sp³-hybridized carbons (Fsp3) is 0.818. The maximum atomic E-state index is 11.5. The number of hydrogen-bond donors (Lipinski definition) is 3. The molecule has 2 aliphatic rings. The van der Waals surface area contributed by atoms with E-state index in [-0.39, 0.29) is 18.6 Å². The lowest BCUT2D eigenvalue weighted by Gasteiger charge is -2.32. The van der Waals surface area contributed by atoms with E-state index in [4.69, 9.17) is 5.11 Å². The monoisotopic (exact) mass is 241 g/mol. The van der Waals surface area contributed by atoms with Gasteiger partial charge in [0.1, 0.15) is 6.54 Å². The third-order valence-corrected chi connectivity index (χ3v) is 3.57. The predicted octanol–water partition coefficient (Wildman–Crippen LogP) is -0.00300. The van der Waals surface area contributed by atoms with Gasteiger partial charge < -0.3 is 15.7 Å². The van der Waals surface area contributed by atoms with Crippen molar-refractivity contribution in [2.45, 2.75) is 37.8 Å². The van der Waals surface area contributed by atoms with E-state index in [2.05, 4.69) is 15.5 Å². The summed E-state index contributed by atoms with van der Waals surface area (Å²) < 4.78 is 0. The first kappa shape index (κ1) is 12.2. The summed E-state index contributed by atoms with van der Waals surface area (Å²) in [5.41, 5.74) is 0. The number of hydrogen-bond acceptors (Lipinski definition) is 3. The molecule has 2 amide bonds. The van der Waals surface area contributed by atoms with Gasteiger partial charge in [-0.2, -0.15) is 0 Å². The van der Waals surface area contributed by atoms with Gasteiger partial charge in [-0.15, -0.1) is 0 Å². The molecule has 2 fully saturated rings. The Bertz CT molecular complexity index is 308. The van der Waals surface area contributed by atoms with Crippen LogP contribution in [0.3, 0.4) is 0 Å². The second kappa shape index (κ2) is 5.35. The fourth-order valence-corrected chi connectivity index (χ4v) is 2.79. The quantitative estimate of drug-likeness (QED) is 0.649. The van der Waals surface area contributed by atoms with Gasteiger partial charge in [-0.1, -0.05) is 6.42 Å². The SMILES string of the molecule is O=C(O)CNC(=O)NC1CCN2CCCCC12. The summed E-state index contributed by atoms with van der Waals surface area (Å²) in [6.45, 7) is 1.83. The normalized spacial score (nSPS) is 28.5. The highest BCUT2D eigenvalue weighted by Gasteiger charge is 2.36. The van der Waals surface area contributed by atoms with Gasteiger partial charge in [-0.3, -0.25) is 9.69 Å². The van der Waals surface area contributed by atoms with Crippen molar-refractivity contribution in [3.8, 4) is 0 Å². The van der Waals surface area contributed by atoms with Crippen LogP contribution in [0.2, 0.25) is 0 Å². The zero-order valence-electron chi connectivity index (χ0n) is 9.82. The lowest BCUT2D eigenvalue weighted by atomic mass is 9.99. The molecule has 2 unspecified atom stereocenters. The minimum absolute atomic E-state index is 0.170. The van der Waals surface area contributed by atoms with E-state index in [0.717, 1.165) is 25.9 Å². The number of amides is 2. The summed E-state index contributed by atoms with van der Waals surface area (Å²) in [7, 11) is 0. The molecule has 2 saturated heterocycles. The van der Waals surface area contributed by atoms with Gasteiger partial charge in [-0.05, 0) is 25.8 Å². The Kier molecular flexibility index (Phi) is 3.83. The van der Waals surface area contributed by atoms with Crippen LogP contribution in [0.25, 0.3) is 0 Å². The number of carboxylic acid groups (broad SMARTS) is 1. The fourth-order valence-electron chi connectivity index (χ4n) is 2.79. The number of aliphatic carboxylic acids is 1. The number of piperidine rings is 1. The summed E-state index contributed by atoms with van der Waals surface area (Å²) in [6, 6.07) is 0.244. The van der Waals surface area contributed by atoms with Gasteiger partial charge >= 0.3 is 12.0 Å². The Hall–Kier alpha value is -1.30. The van der Waals surface area contributed by atoms with E-state index in [1.165, 1.54) is 12.8 Å². The Balaban J connectivity index is 1.78. The molecule has 2 atom stereocenters. The summed E-state index contributed by atoms with van der Waals surface area (Å²) in [5, 5.41) is 13.7. The van der Waals surface area contributed by atoms with E-state index in [9.17, 15) is 9.59 Å². The van der Waals surface area contributed by atoms with Crippen molar-refractivity contribution in [3.05, 3.63) is 0 Å². The zero-order valence-corrected chi connectivity index (χ0v) is 9.82. The van der Waals surface area contributed by atoms with Crippen molar-refractivity contribution in [1.82, 2.24) is 15.5 Å². The van der Waals surface area contributed by atoms with Crippen molar-refractivity contribution in [1.29, 1.82) is 0 Å². The highest BCUT2D eigenvalue weighted by atomic mass is 16.4. The molecular weight excluding hydrogens is 222 g/mol. The summed E-state index contributed by atoms with van der Waals surface area (Å²) in [5.74, 6) is -1.02. The number of fused-ring (bicyclic) bond motifs is 1. The molecule has 6 heteroatoms. The molecule has 0 radical (unpaired) electrons. The van der Waals surface area contributed by atoms with Crippen molar-refractivity contribution < 1.29 is 14.7 Å². The number of rotatable bonds is 3. The molecule has 6 nitrogen and oxygen atoms in total. The zero-order chi connectivity index (χ0) is 12.3. The van der Waals surface area contributed by atoms with E-state index in [1.807, 2.05) is 0 Å². The molecule has 0 saturated carbocycles. The van der Waals surface area contributed by atoms with E-state index in [1.54, 1.807) is 0 Å². The van der Waals surface area contributed by atoms with Crippen molar-refractivity contribution >= 4 is 12.0 Å². The second-order valence-corrected chi connectivity index (χ2v) is 4.72. The van der Waals surface area contributed by atoms with E-state index in [0.29, 0.717) is 6.04 Å². The first-order valence-electron chi connectivity index (χ1n) is 6.17. The van der Waals surface area contributed by atoms with Crippen LogP contribution >= 0.6 is 0 Å². The standard InChI is InChI=1S/C11H19N3O3/c15-10(16)7-12-11(17)13-8-4-6-14-5-2-1-3-9(8)14/h8-9H,1-7H2,(H,15,16)(H2,12,13,17). The van der Waals surface area contributed by atoms with Gasteiger partial charge in [-0.25, -0.2) is 4.79 Å². The minimum atomic E-state index is -1.02. The van der Waals surface area contributed by atoms with Crippen LogP contribution in [0.1, 0.15) is 25.7 Å². The molecule has 0 spiro atoms. The van der Waals surface area contributed by atoms with E-state index >= 15 is 0 Å². The van der Waals surface area contributed by atoms with Crippen LogP contribution in [-0.4, -0.2) is 53.7 Å². The van der Waals surface area contributed by atoms with E-state index < -0.39 is 5.97 Å². The molecule has 2 aliphatic heterocycles. The number of carboxylic acids is 1. The minimum Gasteiger partial charge on any atom is -0.480 e. The highest BCUT2D eigenvalue weighted by molar-refractivity contribution is 5.80. The summed E-state index contributed by atoms with van der Waals surface area (Å²) in [4.78, 5) is 24.2. The van der Waals surface area contributed by atoms with Gasteiger partial charge in [0.15, 0.2) is 0 Å². The number of carbonyl (C=O) groups excluding carboxylic acids is 1. The van der Waals surface area contributed by atoms with Crippen molar-refractivity contribution in [2.24, 2.45) is 0 Å². The van der Waals surface area contributed by atoms with Gasteiger partial charge in [0.25, 0.3) is 0 Å². The lowest BCUT2D eigenvalue weighted by Crippen LogP contribution is -2.50. The maximum Gasteiger partial charge on any atom is 0.323 e. The van der Waals surface area contributed by atoms with Crippen LogP contribution in [0.5, 0.6) is 0 Å². The average molecular weight is 241 g/mol. The van der Waals surface area contributed by atoms with Crippen LogP contribution in [0.4, 0.5) is 4.79 Å². The third kappa shape index (κ3) is 3.09. The predicted molar refractivity (Wildman–Crippen MR) is 61.8 cm³/mol. The summed E-state index contributed by atoms with van der Waals surface area (Å²) >= 11 is 0. The summed E-state index contributed by atoms with van der Waals surface area (Å²) in [6.07, 6.45) is 4.56. The highest BCUT2D eigenvalue weighted by Crippen LogP contribution is 2.26. The van der Waals surface area contributed by atoms with Gasteiger partial charge in [0.2, 0.25) is 0 Å². The maximum absolute atomic E-state index is 11.5. The Labute approximate surface area is 100 Å². The third-order valence-electron chi connectivity index (χ3n) is 3.57. The second-order valence-electron chi connectivity index (χ2n) is 4.72. The van der Waals surface area contributed by atoms with Crippen LogP contribution in [0, 0.1) is 0 Å². The molecule has 0 aromatic carbocycles. The lowest BCUT2D eigenvalue weighted by molar-refractivity contribution is -0.135. The van der Waals surface area contributed by atoms with Gasteiger partial charge in [0.05, 0.1) is 0 Å². The van der Waals surface area contributed by atoms with Crippen molar-refractivity contribution in [3.63, 3.8) is 0 Å². The molecule has 0 aromatic heterocycles. The smallest absolute Gasteiger partial charge is 0.323 e. The number of nitrogens with zero attached hydrogens (tertiary/aromatic N) is 1. The molecule has 0 aliphatic carbocycles. The van der Waals surface area contributed by atoms with Crippen LogP contribution < -0.4 is 10.6 Å².